The van der Waals surface area contributed by atoms with Crippen LogP contribution in [-0.2, 0) is 16.2 Å². The largest absolute Gasteiger partial charge is 0.338 e. The molecular weight excluding hydrogens is 1010 g/mol. The van der Waals surface area contributed by atoms with E-state index in [1.807, 2.05) is 0 Å². The summed E-state index contributed by atoms with van der Waals surface area (Å²) in [6, 6.07) is 64.4. The van der Waals surface area contributed by atoms with Crippen LogP contribution in [0.25, 0.3) is 77.3 Å². The van der Waals surface area contributed by atoms with Crippen LogP contribution in [0.2, 0.25) is 0 Å². The van der Waals surface area contributed by atoms with Crippen LogP contribution in [0.1, 0.15) is 133 Å². The molecule has 8 aromatic carbocycles. The molecule has 0 fully saturated rings. The van der Waals surface area contributed by atoms with Crippen molar-refractivity contribution in [2.45, 2.75) is 133 Å². The average molecular weight is 1090 g/mol. The summed E-state index contributed by atoms with van der Waals surface area (Å²) in [4.78, 5) is 5.60. The van der Waals surface area contributed by atoms with Gasteiger partial charge in [-0.3, -0.25) is 9.80 Å². The van der Waals surface area contributed by atoms with E-state index in [0.717, 1.165) is 12.2 Å². The first-order valence-corrected chi connectivity index (χ1v) is 30.4. The third-order valence-electron chi connectivity index (χ3n) is 19.6. The molecule has 414 valence electrons. The van der Waals surface area contributed by atoms with Gasteiger partial charge in [-0.1, -0.05) is 213 Å². The van der Waals surface area contributed by atoms with E-state index in [9.17, 15) is 0 Å². The standard InChI is InChI=1S/C78H79N5/c1-74(2,3)51-36-37-79-68(46-51)81-64-30-19-18-26-58(64)59-34-35-61-63-43-48-25-17-16-24-47(48)42-62(63)60-29-23-33-67-71(60)83(79,72(61)70(59)81)73-80(67)65-31-20-21-32-66(65)82(73)69-56(49-38-52(75(4,5)6)44-53(39-49)76(7,8)9)27-22-28-57(69)50-40-54(77(10,11)12)45-55(41-50)78(13,14)15/h16-44,46,54,73H,45H2,1-15H3/q+2/t54?,73-,83?/m0/s1. The zero-order chi connectivity index (χ0) is 57.8. The number of allylic oxidation sites excluding steroid dienone is 4. The molecule has 0 radical (unpaired) electrons. The minimum Gasteiger partial charge on any atom is -0.266 e. The van der Waals surface area contributed by atoms with Crippen LogP contribution in [0, 0.1) is 16.7 Å². The Balaban J connectivity index is 1.16. The van der Waals surface area contributed by atoms with E-state index in [1.54, 1.807) is 0 Å². The van der Waals surface area contributed by atoms with Crippen molar-refractivity contribution >= 4 is 72.3 Å². The molecular formula is C78H79N5+2. The number of quaternary nitrogens is 1. The molecule has 0 N–H and O–H groups in total. The first-order chi connectivity index (χ1) is 39.3. The molecule has 0 saturated heterocycles. The van der Waals surface area contributed by atoms with E-state index in [1.165, 1.54) is 133 Å². The molecule has 5 aliphatic rings. The monoisotopic (exact) mass is 1090 g/mol. The van der Waals surface area contributed by atoms with Crippen molar-refractivity contribution in [3.05, 3.63) is 210 Å². The van der Waals surface area contributed by atoms with Gasteiger partial charge in [-0.25, -0.2) is 0 Å². The van der Waals surface area contributed by atoms with E-state index >= 15 is 0 Å². The quantitative estimate of drug-likeness (QED) is 0.129. The number of pyridine rings is 1. The summed E-state index contributed by atoms with van der Waals surface area (Å²) in [5.74, 6) is 1.49. The maximum Gasteiger partial charge on any atom is 0.338 e. The van der Waals surface area contributed by atoms with E-state index in [0.29, 0.717) is 10.5 Å². The fourth-order valence-electron chi connectivity index (χ4n) is 14.9. The fraction of sp³-hybridized carbons (Fsp3) is 0.295. The Morgan fingerprint density at radius 3 is 1.69 bits per heavy atom. The highest BCUT2D eigenvalue weighted by molar-refractivity contribution is 6.20. The van der Waals surface area contributed by atoms with Crippen molar-refractivity contribution in [1.29, 1.82) is 0 Å². The molecule has 10 aromatic rings. The van der Waals surface area contributed by atoms with Crippen molar-refractivity contribution in [3.63, 3.8) is 0 Å². The molecule has 83 heavy (non-hydrogen) atoms. The predicted molar refractivity (Wildman–Crippen MR) is 352 cm³/mol. The lowest BCUT2D eigenvalue weighted by molar-refractivity contribution is -0.794. The van der Waals surface area contributed by atoms with Crippen molar-refractivity contribution in [2.24, 2.45) is 16.7 Å². The molecule has 5 nitrogen and oxygen atoms in total. The molecule has 0 saturated carbocycles. The van der Waals surface area contributed by atoms with Crippen LogP contribution >= 0.6 is 0 Å². The minimum atomic E-state index is -0.394. The second-order valence-corrected chi connectivity index (χ2v) is 30.0. The number of anilines is 4. The lowest BCUT2D eigenvalue weighted by atomic mass is 9.68. The molecule has 0 amide bonds. The Morgan fingerprint density at radius 2 is 1.04 bits per heavy atom. The van der Waals surface area contributed by atoms with E-state index in [-0.39, 0.29) is 27.1 Å². The Kier molecular flexibility index (Phi) is 10.7. The van der Waals surface area contributed by atoms with Crippen molar-refractivity contribution < 1.29 is 4.68 Å². The van der Waals surface area contributed by atoms with Gasteiger partial charge in [-0.15, -0.1) is 0 Å². The number of rotatable bonds is 3. The lowest BCUT2D eigenvalue weighted by Crippen LogP contribution is -2.78. The zero-order valence-corrected chi connectivity index (χ0v) is 51.4. The molecule has 5 heteroatoms. The molecule has 1 spiro atoms. The second-order valence-electron chi connectivity index (χ2n) is 30.0. The van der Waals surface area contributed by atoms with Gasteiger partial charge in [0.15, 0.2) is 6.20 Å². The molecule has 4 aliphatic heterocycles. The van der Waals surface area contributed by atoms with Crippen LogP contribution in [0.4, 0.5) is 34.1 Å². The van der Waals surface area contributed by atoms with Gasteiger partial charge in [0, 0.05) is 28.0 Å². The minimum absolute atomic E-state index is 0.0259. The maximum absolute atomic E-state index is 2.85. The Bertz CT molecular complexity index is 4490. The normalized spacial score (nSPS) is 18.9. The van der Waals surface area contributed by atoms with E-state index < -0.39 is 6.29 Å². The van der Waals surface area contributed by atoms with Crippen molar-refractivity contribution in [3.8, 4) is 39.2 Å². The Hall–Kier alpha value is -7.99. The van der Waals surface area contributed by atoms with Gasteiger partial charge in [0.25, 0.3) is 0 Å². The summed E-state index contributed by atoms with van der Waals surface area (Å²) < 4.78 is 5.72. The Labute approximate surface area is 492 Å². The number of benzene rings is 8. The van der Waals surface area contributed by atoms with Gasteiger partial charge >= 0.3 is 12.1 Å². The van der Waals surface area contributed by atoms with Crippen LogP contribution in [0.5, 0.6) is 0 Å². The smallest absolute Gasteiger partial charge is 0.266 e. The highest BCUT2D eigenvalue weighted by Gasteiger charge is 2.71. The molecule has 1 aliphatic carbocycles. The maximum atomic E-state index is 2.85. The van der Waals surface area contributed by atoms with Crippen molar-refractivity contribution in [2.75, 3.05) is 9.80 Å². The summed E-state index contributed by atoms with van der Waals surface area (Å²) in [7, 11) is 0. The second kappa shape index (κ2) is 17.1. The number of fused-ring (bicyclic) bond motifs is 13. The van der Waals surface area contributed by atoms with Gasteiger partial charge < -0.3 is 0 Å². The Morgan fingerprint density at radius 1 is 0.458 bits per heavy atom. The third kappa shape index (κ3) is 7.32. The highest BCUT2D eigenvalue weighted by atomic mass is 15.8. The molecule has 6 heterocycles. The summed E-state index contributed by atoms with van der Waals surface area (Å²) >= 11 is 0. The van der Waals surface area contributed by atoms with Crippen LogP contribution < -0.4 is 19.1 Å². The fourth-order valence-corrected chi connectivity index (χ4v) is 14.9. The molecule has 3 atom stereocenters. The SMILES string of the molecule is CC(C)(C)C1=CC(c2cccc(-c3cc(C(C)(C)C)cc(C(C)(C)C)c3)c2N2c3ccccc3N3c4cccc5c4[N+]4(c6c(ccc7c8ccccc8n(c67)-c6cc(C(C)(C)C)cc[n+]64)-c4cc6ccccc6cc4-5)[C@@H]32)=CC(C(C)(C)C)C1. The first kappa shape index (κ1) is 51.9. The highest BCUT2D eigenvalue weighted by Crippen LogP contribution is 2.69. The molecule has 2 unspecified atom stereocenters. The number of hydrogen-bond acceptors (Lipinski definition) is 2. The molecule has 0 bridgehead atoms. The van der Waals surface area contributed by atoms with E-state index in [2.05, 4.69) is 305 Å². The summed E-state index contributed by atoms with van der Waals surface area (Å²) in [6.07, 6.45) is 8.36. The van der Waals surface area contributed by atoms with Crippen molar-refractivity contribution in [1.82, 2.24) is 9.16 Å². The van der Waals surface area contributed by atoms with Crippen LogP contribution in [0.3, 0.4) is 0 Å². The number of aromatic nitrogens is 2. The van der Waals surface area contributed by atoms with Crippen LogP contribution in [-0.4, -0.2) is 10.9 Å². The first-order valence-electron chi connectivity index (χ1n) is 30.4. The number of hydrogen-bond donors (Lipinski definition) is 0. The van der Waals surface area contributed by atoms with E-state index in [4.69, 9.17) is 0 Å². The van der Waals surface area contributed by atoms with Gasteiger partial charge in [0.2, 0.25) is 16.9 Å². The summed E-state index contributed by atoms with van der Waals surface area (Å²) in [6.45, 7) is 35.9. The lowest BCUT2D eigenvalue weighted by Gasteiger charge is -2.42. The zero-order valence-electron chi connectivity index (χ0n) is 51.4. The average Bonchev–Trinajstić information content (AvgIpc) is 1.71. The number of nitrogens with zero attached hydrogens (tertiary/aromatic N) is 5. The van der Waals surface area contributed by atoms with Gasteiger partial charge in [0.1, 0.15) is 11.2 Å². The number of para-hydroxylation sites is 5. The summed E-state index contributed by atoms with van der Waals surface area (Å²) in [5, 5.41) is 5.01. The van der Waals surface area contributed by atoms with Gasteiger partial charge in [0.05, 0.1) is 28.2 Å². The topological polar surface area (TPSA) is 15.3 Å². The molecule has 2 aromatic heterocycles. The van der Waals surface area contributed by atoms with Gasteiger partial charge in [-0.05, 0) is 165 Å². The summed E-state index contributed by atoms with van der Waals surface area (Å²) in [5.41, 5.74) is 25.1. The predicted octanol–water partition coefficient (Wildman–Crippen LogP) is 20.9. The third-order valence-corrected chi connectivity index (χ3v) is 19.6. The molecule has 15 rings (SSSR count). The van der Waals surface area contributed by atoms with Crippen LogP contribution in [0.15, 0.2) is 188 Å². The van der Waals surface area contributed by atoms with Gasteiger partial charge in [-0.2, -0.15) is 4.57 Å².